The van der Waals surface area contributed by atoms with Crippen LogP contribution in [0.2, 0.25) is 0 Å². The number of carbonyl (C=O) groups excluding carboxylic acids is 2. The SMILES string of the molecule is Cc1c2nc(NCC(=O)N(C)CC3CCN(C)CC3)sc2cc2sc(NCC(=O)N3CCCC3)nc12. The van der Waals surface area contributed by atoms with Gasteiger partial charge in [0, 0.05) is 32.2 Å². The number of benzene rings is 1. The summed E-state index contributed by atoms with van der Waals surface area (Å²) in [5.74, 6) is 0.804. The Hall–Kier alpha value is -2.50. The average molecular weight is 530 g/mol. The fraction of sp³-hybridized carbons (Fsp3) is 0.600. The number of amides is 2. The van der Waals surface area contributed by atoms with Gasteiger partial charge in [-0.3, -0.25) is 9.59 Å². The molecule has 2 aliphatic rings. The smallest absolute Gasteiger partial charge is 0.241 e. The lowest BCUT2D eigenvalue weighted by Crippen LogP contribution is -2.39. The van der Waals surface area contributed by atoms with E-state index in [2.05, 4.69) is 28.6 Å². The quantitative estimate of drug-likeness (QED) is 0.462. The molecule has 11 heteroatoms. The number of nitrogens with one attached hydrogen (secondary N) is 2. The zero-order valence-electron chi connectivity index (χ0n) is 21.3. The topological polar surface area (TPSA) is 93.7 Å². The summed E-state index contributed by atoms with van der Waals surface area (Å²) in [6, 6.07) is 2.11. The van der Waals surface area contributed by atoms with Gasteiger partial charge in [0.15, 0.2) is 10.3 Å². The maximum Gasteiger partial charge on any atom is 0.241 e. The highest BCUT2D eigenvalue weighted by atomic mass is 32.1. The van der Waals surface area contributed by atoms with E-state index in [9.17, 15) is 9.59 Å². The van der Waals surface area contributed by atoms with Gasteiger partial charge in [-0.2, -0.15) is 0 Å². The molecule has 0 aliphatic carbocycles. The summed E-state index contributed by atoms with van der Waals surface area (Å²) in [6.07, 6.45) is 4.48. The Morgan fingerprint density at radius 3 is 2.19 bits per heavy atom. The molecule has 5 rings (SSSR count). The number of fused-ring (bicyclic) bond motifs is 2. The Labute approximate surface area is 219 Å². The third-order valence-electron chi connectivity index (χ3n) is 7.32. The normalized spacial score (nSPS) is 17.2. The average Bonchev–Trinajstić information content (AvgIpc) is 3.62. The van der Waals surface area contributed by atoms with E-state index >= 15 is 0 Å². The maximum atomic E-state index is 12.7. The molecule has 0 bridgehead atoms. The van der Waals surface area contributed by atoms with Gasteiger partial charge in [-0.15, -0.1) is 0 Å². The number of aromatic nitrogens is 2. The second kappa shape index (κ2) is 10.9. The molecule has 2 saturated heterocycles. The third kappa shape index (κ3) is 5.57. The number of carbonyl (C=O) groups is 2. The van der Waals surface area contributed by atoms with Crippen molar-refractivity contribution in [1.82, 2.24) is 24.7 Å². The Bertz CT molecular complexity index is 1240. The van der Waals surface area contributed by atoms with Gasteiger partial charge in [0.25, 0.3) is 0 Å². The van der Waals surface area contributed by atoms with Crippen LogP contribution in [0, 0.1) is 12.8 Å². The van der Waals surface area contributed by atoms with Gasteiger partial charge in [0.1, 0.15) is 0 Å². The minimum absolute atomic E-state index is 0.0896. The number of nitrogens with zero attached hydrogens (tertiary/aromatic N) is 5. The molecular weight excluding hydrogens is 494 g/mol. The predicted molar refractivity (Wildman–Crippen MR) is 148 cm³/mol. The lowest BCUT2D eigenvalue weighted by atomic mass is 9.97. The van der Waals surface area contributed by atoms with Crippen molar-refractivity contribution in [3.05, 3.63) is 11.6 Å². The summed E-state index contributed by atoms with van der Waals surface area (Å²) in [5.41, 5.74) is 2.84. The second-order valence-corrected chi connectivity index (χ2v) is 12.1. The van der Waals surface area contributed by atoms with Crippen molar-refractivity contribution in [3.63, 3.8) is 0 Å². The van der Waals surface area contributed by atoms with E-state index in [-0.39, 0.29) is 24.9 Å². The Morgan fingerprint density at radius 1 is 1.00 bits per heavy atom. The first-order valence-corrected chi connectivity index (χ1v) is 14.4. The molecule has 0 unspecified atom stereocenters. The van der Waals surface area contributed by atoms with E-state index in [1.54, 1.807) is 22.7 Å². The number of hydrogen-bond acceptors (Lipinski definition) is 9. The van der Waals surface area contributed by atoms with Crippen LogP contribution in [-0.2, 0) is 9.59 Å². The Morgan fingerprint density at radius 2 is 1.58 bits per heavy atom. The minimum atomic E-state index is 0.0896. The van der Waals surface area contributed by atoms with E-state index in [1.807, 2.05) is 23.8 Å². The number of piperidine rings is 1. The van der Waals surface area contributed by atoms with Crippen LogP contribution >= 0.6 is 22.7 Å². The van der Waals surface area contributed by atoms with Gasteiger partial charge in [-0.05, 0) is 64.7 Å². The number of likely N-dealkylation sites (N-methyl/N-ethyl adjacent to an activating group) is 1. The van der Waals surface area contributed by atoms with Gasteiger partial charge in [0.2, 0.25) is 11.8 Å². The van der Waals surface area contributed by atoms with Crippen LogP contribution in [0.15, 0.2) is 6.07 Å². The monoisotopic (exact) mass is 529 g/mol. The van der Waals surface area contributed by atoms with Crippen LogP contribution in [0.1, 0.15) is 31.2 Å². The summed E-state index contributed by atoms with van der Waals surface area (Å²) < 4.78 is 2.14. The zero-order valence-corrected chi connectivity index (χ0v) is 22.9. The largest absolute Gasteiger partial charge is 0.352 e. The Balaban J connectivity index is 1.19. The van der Waals surface area contributed by atoms with E-state index in [1.165, 1.54) is 0 Å². The van der Waals surface area contributed by atoms with Gasteiger partial charge >= 0.3 is 0 Å². The summed E-state index contributed by atoms with van der Waals surface area (Å²) in [4.78, 5) is 40.7. The van der Waals surface area contributed by atoms with Crippen molar-refractivity contribution < 1.29 is 9.59 Å². The summed E-state index contributed by atoms with van der Waals surface area (Å²) in [7, 11) is 4.05. The van der Waals surface area contributed by atoms with Gasteiger partial charge in [-0.1, -0.05) is 22.7 Å². The molecule has 36 heavy (non-hydrogen) atoms. The molecule has 9 nitrogen and oxygen atoms in total. The van der Waals surface area contributed by atoms with Crippen LogP contribution in [0.3, 0.4) is 0 Å². The molecule has 2 aromatic heterocycles. The molecule has 0 saturated carbocycles. The third-order valence-corrected chi connectivity index (χ3v) is 9.24. The van der Waals surface area contributed by atoms with Crippen molar-refractivity contribution in [1.29, 1.82) is 0 Å². The van der Waals surface area contributed by atoms with Crippen LogP contribution in [0.4, 0.5) is 10.3 Å². The highest BCUT2D eigenvalue weighted by Gasteiger charge is 2.21. The van der Waals surface area contributed by atoms with Crippen molar-refractivity contribution >= 4 is 65.2 Å². The molecule has 2 fully saturated rings. The molecule has 194 valence electrons. The second-order valence-electron chi connectivity index (χ2n) is 10.0. The van der Waals surface area contributed by atoms with Crippen LogP contribution in [0.25, 0.3) is 20.4 Å². The number of thiazole rings is 2. The number of rotatable bonds is 8. The molecule has 2 amide bonds. The molecular formula is C25H35N7O2S2. The van der Waals surface area contributed by atoms with Crippen LogP contribution in [0.5, 0.6) is 0 Å². The molecule has 4 heterocycles. The minimum Gasteiger partial charge on any atom is -0.352 e. The first-order chi connectivity index (χ1) is 17.4. The van der Waals surface area contributed by atoms with Crippen molar-refractivity contribution in [3.8, 4) is 0 Å². The number of hydrogen-bond donors (Lipinski definition) is 2. The number of likely N-dealkylation sites (tertiary alicyclic amines) is 2. The van der Waals surface area contributed by atoms with Crippen molar-refractivity contribution in [2.75, 3.05) is 70.5 Å². The van der Waals surface area contributed by atoms with Crippen molar-refractivity contribution in [2.45, 2.75) is 32.6 Å². The summed E-state index contributed by atoms with van der Waals surface area (Å²) in [6.45, 7) is 7.31. The first kappa shape index (κ1) is 25.2. The maximum absolute atomic E-state index is 12.7. The van der Waals surface area contributed by atoms with E-state index in [0.29, 0.717) is 5.92 Å². The van der Waals surface area contributed by atoms with Gasteiger partial charge in [-0.25, -0.2) is 9.97 Å². The molecule has 2 N–H and O–H groups in total. The molecule has 0 atom stereocenters. The molecule has 3 aromatic rings. The van der Waals surface area contributed by atoms with Crippen LogP contribution in [-0.4, -0.2) is 96.4 Å². The molecule has 1 aromatic carbocycles. The first-order valence-electron chi connectivity index (χ1n) is 12.8. The van der Waals surface area contributed by atoms with Gasteiger partial charge < -0.3 is 25.3 Å². The van der Waals surface area contributed by atoms with Crippen molar-refractivity contribution in [2.24, 2.45) is 5.92 Å². The number of anilines is 2. The zero-order chi connectivity index (χ0) is 25.2. The highest BCUT2D eigenvalue weighted by molar-refractivity contribution is 7.24. The molecule has 2 aliphatic heterocycles. The molecule has 0 radical (unpaired) electrons. The van der Waals surface area contributed by atoms with E-state index in [0.717, 1.165) is 94.7 Å². The fourth-order valence-corrected chi connectivity index (χ4v) is 7.03. The standard InChI is InChI=1S/C25H35N7O2S2/c1-16-22-18(12-19-23(16)29-25(36-19)27-14-21(34)32-8-4-5-9-32)35-24(28-22)26-13-20(33)31(3)15-17-6-10-30(2)11-7-17/h12,17H,4-11,13-15H2,1-3H3,(H,26,28)(H,27,29). The van der Waals surface area contributed by atoms with Crippen LogP contribution < -0.4 is 10.6 Å². The summed E-state index contributed by atoms with van der Waals surface area (Å²) >= 11 is 3.12. The van der Waals surface area contributed by atoms with Gasteiger partial charge in [0.05, 0.1) is 33.5 Å². The number of aryl methyl sites for hydroxylation is 1. The highest BCUT2D eigenvalue weighted by Crippen LogP contribution is 2.37. The van der Waals surface area contributed by atoms with E-state index < -0.39 is 0 Å². The lowest BCUT2D eigenvalue weighted by molar-refractivity contribution is -0.129. The molecule has 0 spiro atoms. The summed E-state index contributed by atoms with van der Waals surface area (Å²) in [5, 5.41) is 7.96. The Kier molecular flexibility index (Phi) is 7.59. The predicted octanol–water partition coefficient (Wildman–Crippen LogP) is 3.46. The fourth-order valence-electron chi connectivity index (χ4n) is 5.03. The lowest BCUT2D eigenvalue weighted by Gasteiger charge is -2.31. The van der Waals surface area contributed by atoms with E-state index in [4.69, 9.17) is 9.97 Å².